The van der Waals surface area contributed by atoms with Crippen molar-refractivity contribution in [1.82, 2.24) is 15.1 Å². The Hall–Kier alpha value is -2.85. The summed E-state index contributed by atoms with van der Waals surface area (Å²) in [7, 11) is 0. The fraction of sp³-hybridized carbons (Fsp3) is 0.393. The summed E-state index contributed by atoms with van der Waals surface area (Å²) < 4.78 is 0. The number of carbonyl (C=O) groups excluding carboxylic acids is 1. The van der Waals surface area contributed by atoms with Crippen LogP contribution in [0.15, 0.2) is 84.7 Å². The van der Waals surface area contributed by atoms with Gasteiger partial charge in [0, 0.05) is 38.0 Å². The lowest BCUT2D eigenvalue weighted by Crippen LogP contribution is -2.39. The summed E-state index contributed by atoms with van der Waals surface area (Å²) in [5.41, 5.74) is 4.30. The predicted octanol–water partition coefficient (Wildman–Crippen LogP) is 4.75. The highest BCUT2D eigenvalue weighted by atomic mass is 16.1. The summed E-state index contributed by atoms with van der Waals surface area (Å²) in [6, 6.07) is 21.3. The van der Waals surface area contributed by atoms with Crippen LogP contribution in [0, 0.1) is 5.92 Å². The second-order valence-corrected chi connectivity index (χ2v) is 8.95. The Morgan fingerprint density at radius 1 is 0.906 bits per heavy atom. The molecule has 1 fully saturated rings. The maximum absolute atomic E-state index is 12.6. The molecule has 0 spiro atoms. The molecule has 2 aliphatic rings. The van der Waals surface area contributed by atoms with Crippen molar-refractivity contribution in [3.63, 3.8) is 0 Å². The highest BCUT2D eigenvalue weighted by molar-refractivity contribution is 5.79. The molecular weight excluding hydrogens is 394 g/mol. The molecule has 1 saturated heterocycles. The van der Waals surface area contributed by atoms with E-state index >= 15 is 0 Å². The average molecular weight is 430 g/mol. The fourth-order valence-electron chi connectivity index (χ4n) is 4.58. The zero-order chi connectivity index (χ0) is 22.0. The molecule has 2 heterocycles. The number of hydrogen-bond acceptors (Lipinski definition) is 3. The van der Waals surface area contributed by atoms with E-state index in [1.807, 2.05) is 12.4 Å². The second kappa shape index (κ2) is 11.7. The van der Waals surface area contributed by atoms with E-state index in [4.69, 9.17) is 0 Å². The van der Waals surface area contributed by atoms with Gasteiger partial charge in [0.05, 0.1) is 0 Å². The molecule has 0 aliphatic carbocycles. The normalized spacial score (nSPS) is 18.0. The molecule has 0 saturated carbocycles. The predicted molar refractivity (Wildman–Crippen MR) is 131 cm³/mol. The molecule has 1 amide bonds. The summed E-state index contributed by atoms with van der Waals surface area (Å²) in [6.07, 6.45) is 11.4. The first kappa shape index (κ1) is 22.3. The minimum Gasteiger partial charge on any atom is -0.372 e. The zero-order valence-electron chi connectivity index (χ0n) is 19.0. The third-order valence-corrected chi connectivity index (χ3v) is 6.63. The van der Waals surface area contributed by atoms with Crippen LogP contribution in [-0.2, 0) is 17.8 Å². The highest BCUT2D eigenvalue weighted by Crippen LogP contribution is 2.20. The number of hydrogen-bond donors (Lipinski definition) is 1. The van der Waals surface area contributed by atoms with E-state index in [0.29, 0.717) is 0 Å². The van der Waals surface area contributed by atoms with Gasteiger partial charge in [0.25, 0.3) is 0 Å². The summed E-state index contributed by atoms with van der Waals surface area (Å²) in [5.74, 6) is 0.286. The van der Waals surface area contributed by atoms with Gasteiger partial charge in [-0.05, 0) is 56.3 Å². The molecular formula is C28H35N3O. The molecule has 2 aliphatic heterocycles. The van der Waals surface area contributed by atoms with Crippen LogP contribution in [0.25, 0.3) is 0 Å². The maximum atomic E-state index is 12.6. The Kier molecular flexibility index (Phi) is 8.16. The number of nitrogens with one attached hydrogen (secondary N) is 1. The lowest BCUT2D eigenvalue weighted by molar-refractivity contribution is -0.125. The largest absolute Gasteiger partial charge is 0.372 e. The van der Waals surface area contributed by atoms with Crippen molar-refractivity contribution in [2.24, 2.45) is 5.92 Å². The van der Waals surface area contributed by atoms with Gasteiger partial charge in [0.2, 0.25) is 5.91 Å². The molecule has 0 aromatic heterocycles. The Balaban J connectivity index is 1.13. The van der Waals surface area contributed by atoms with E-state index in [9.17, 15) is 4.79 Å². The average Bonchev–Trinajstić information content (AvgIpc) is 2.85. The van der Waals surface area contributed by atoms with Crippen molar-refractivity contribution in [1.29, 1.82) is 0 Å². The highest BCUT2D eigenvalue weighted by Gasteiger charge is 2.24. The number of rotatable bonds is 8. The molecule has 0 bridgehead atoms. The first-order valence-electron chi connectivity index (χ1n) is 12.0. The standard InChI is InChI=1S/C28H35N3O/c32-28(27-15-20-31(21-16-27)23-26-9-5-2-6-10-26)29-17-22-30-18-13-25(14-19-30)12-11-24-7-3-1-4-8-24/h1-10,13,17,22,27H,11-12,14-16,18-21,23H2,(H,29,32)/b22-17+. The van der Waals surface area contributed by atoms with Gasteiger partial charge < -0.3 is 10.2 Å². The van der Waals surface area contributed by atoms with Gasteiger partial charge in [-0.15, -0.1) is 0 Å². The molecule has 2 aromatic carbocycles. The zero-order valence-corrected chi connectivity index (χ0v) is 19.0. The van der Waals surface area contributed by atoms with Crippen LogP contribution in [0.4, 0.5) is 0 Å². The number of benzene rings is 2. The van der Waals surface area contributed by atoms with Gasteiger partial charge in [-0.1, -0.05) is 72.3 Å². The van der Waals surface area contributed by atoms with Gasteiger partial charge >= 0.3 is 0 Å². The number of aryl methyl sites for hydroxylation is 1. The third kappa shape index (κ3) is 6.83. The molecule has 4 nitrogen and oxygen atoms in total. The topological polar surface area (TPSA) is 35.6 Å². The summed E-state index contributed by atoms with van der Waals surface area (Å²) in [4.78, 5) is 17.3. The second-order valence-electron chi connectivity index (χ2n) is 8.95. The van der Waals surface area contributed by atoms with Crippen LogP contribution in [0.3, 0.4) is 0 Å². The molecule has 1 N–H and O–H groups in total. The lowest BCUT2D eigenvalue weighted by Gasteiger charge is -2.31. The van der Waals surface area contributed by atoms with Crippen LogP contribution in [0.2, 0.25) is 0 Å². The van der Waals surface area contributed by atoms with Crippen LogP contribution < -0.4 is 5.32 Å². The van der Waals surface area contributed by atoms with E-state index in [0.717, 1.165) is 64.8 Å². The number of nitrogens with zero attached hydrogens (tertiary/aromatic N) is 2. The smallest absolute Gasteiger partial charge is 0.227 e. The molecule has 2 aromatic rings. The molecule has 0 atom stereocenters. The SMILES string of the molecule is O=C(N/C=C/N1CC=C(CCc2ccccc2)CC1)C1CCN(Cc2ccccc2)CC1. The van der Waals surface area contributed by atoms with Crippen LogP contribution >= 0.6 is 0 Å². The number of carbonyl (C=O) groups is 1. The monoisotopic (exact) mass is 429 g/mol. The van der Waals surface area contributed by atoms with Crippen LogP contribution in [0.1, 0.15) is 36.8 Å². The minimum atomic E-state index is 0.123. The van der Waals surface area contributed by atoms with Gasteiger partial charge in [0.1, 0.15) is 0 Å². The molecule has 168 valence electrons. The van der Waals surface area contributed by atoms with Crippen molar-refractivity contribution in [3.8, 4) is 0 Å². The van der Waals surface area contributed by atoms with Gasteiger partial charge in [0.15, 0.2) is 0 Å². The maximum Gasteiger partial charge on any atom is 0.227 e. The third-order valence-electron chi connectivity index (χ3n) is 6.63. The Morgan fingerprint density at radius 2 is 1.59 bits per heavy atom. The number of piperidine rings is 1. The van der Waals surface area contributed by atoms with E-state index in [-0.39, 0.29) is 11.8 Å². The van der Waals surface area contributed by atoms with Gasteiger partial charge in [-0.3, -0.25) is 9.69 Å². The van der Waals surface area contributed by atoms with Crippen molar-refractivity contribution < 1.29 is 4.79 Å². The van der Waals surface area contributed by atoms with Crippen LogP contribution in [0.5, 0.6) is 0 Å². The Bertz CT molecular complexity index is 899. The van der Waals surface area contributed by atoms with Crippen molar-refractivity contribution >= 4 is 5.91 Å². The van der Waals surface area contributed by atoms with E-state index in [2.05, 4.69) is 81.9 Å². The van der Waals surface area contributed by atoms with Crippen LogP contribution in [-0.4, -0.2) is 41.9 Å². The quantitative estimate of drug-likeness (QED) is 0.615. The fourth-order valence-corrected chi connectivity index (χ4v) is 4.58. The number of likely N-dealkylation sites (tertiary alicyclic amines) is 1. The van der Waals surface area contributed by atoms with Crippen molar-refractivity contribution in [2.75, 3.05) is 26.2 Å². The number of amides is 1. The van der Waals surface area contributed by atoms with Gasteiger partial charge in [-0.2, -0.15) is 0 Å². The van der Waals surface area contributed by atoms with Crippen molar-refractivity contribution in [3.05, 3.63) is 95.8 Å². The molecule has 32 heavy (non-hydrogen) atoms. The lowest BCUT2D eigenvalue weighted by atomic mass is 9.95. The summed E-state index contributed by atoms with van der Waals surface area (Å²) in [6.45, 7) is 4.89. The Morgan fingerprint density at radius 3 is 2.25 bits per heavy atom. The van der Waals surface area contributed by atoms with E-state index in [1.165, 1.54) is 11.1 Å². The Labute approximate surface area is 192 Å². The molecule has 4 rings (SSSR count). The van der Waals surface area contributed by atoms with Crippen molar-refractivity contribution in [2.45, 2.75) is 38.6 Å². The van der Waals surface area contributed by atoms with Gasteiger partial charge in [-0.25, -0.2) is 0 Å². The molecule has 0 unspecified atom stereocenters. The molecule has 4 heteroatoms. The van der Waals surface area contributed by atoms with E-state index in [1.54, 1.807) is 5.57 Å². The summed E-state index contributed by atoms with van der Waals surface area (Å²) >= 11 is 0. The minimum absolute atomic E-state index is 0.123. The molecule has 0 radical (unpaired) electrons. The first-order chi connectivity index (χ1) is 15.8. The van der Waals surface area contributed by atoms with E-state index < -0.39 is 0 Å². The first-order valence-corrected chi connectivity index (χ1v) is 12.0. The summed E-state index contributed by atoms with van der Waals surface area (Å²) in [5, 5.41) is 3.02.